The van der Waals surface area contributed by atoms with Crippen LogP contribution in [0.15, 0.2) is 168 Å². The number of thiophene rings is 2. The molecule has 240 valence electrons. The highest BCUT2D eigenvalue weighted by molar-refractivity contribution is 7.30. The lowest BCUT2D eigenvalue weighted by atomic mass is 10.0. The summed E-state index contributed by atoms with van der Waals surface area (Å²) in [4.78, 5) is 10.2. The normalized spacial score (nSPS) is 14.9. The molecular formula is C45H28N4S2. The van der Waals surface area contributed by atoms with Crippen molar-refractivity contribution in [2.75, 3.05) is 0 Å². The molecule has 0 fully saturated rings. The maximum absolute atomic E-state index is 5.16. The Hall–Kier alpha value is -6.08. The minimum atomic E-state index is -0.239. The predicted octanol–water partition coefficient (Wildman–Crippen LogP) is 12.0. The summed E-state index contributed by atoms with van der Waals surface area (Å²) >= 11 is 3.74. The van der Waals surface area contributed by atoms with E-state index in [1.54, 1.807) is 0 Å². The average Bonchev–Trinajstić information content (AvgIpc) is 3.87. The van der Waals surface area contributed by atoms with Gasteiger partial charge in [0.25, 0.3) is 0 Å². The fraction of sp³-hybridized carbons (Fsp3) is 0.0222. The second-order valence-electron chi connectivity index (χ2n) is 13.0. The lowest BCUT2D eigenvalue weighted by Crippen LogP contribution is -2.33. The molecular weight excluding hydrogens is 661 g/mol. The zero-order valence-corrected chi connectivity index (χ0v) is 28.9. The molecule has 0 amide bonds. The number of hydrogen-bond donors (Lipinski definition) is 1. The summed E-state index contributed by atoms with van der Waals surface area (Å²) in [6.45, 7) is 0. The number of nitrogens with zero attached hydrogens (tertiary/aromatic N) is 3. The minimum absolute atomic E-state index is 0.239. The molecule has 51 heavy (non-hydrogen) atoms. The van der Waals surface area contributed by atoms with E-state index in [-0.39, 0.29) is 6.17 Å². The fourth-order valence-corrected chi connectivity index (χ4v) is 10.3. The van der Waals surface area contributed by atoms with Crippen LogP contribution >= 0.6 is 22.7 Å². The first-order valence-corrected chi connectivity index (χ1v) is 18.7. The number of nitrogens with one attached hydrogen (secondary N) is 1. The largest absolute Gasteiger partial charge is 0.344 e. The highest BCUT2D eigenvalue weighted by Gasteiger charge is 2.24. The first kappa shape index (κ1) is 28.7. The number of hydrogen-bond acceptors (Lipinski definition) is 5. The van der Waals surface area contributed by atoms with Crippen LogP contribution in [0.25, 0.3) is 67.8 Å². The molecule has 4 nitrogen and oxygen atoms in total. The van der Waals surface area contributed by atoms with Crippen LogP contribution in [0.2, 0.25) is 0 Å². The molecule has 3 aromatic heterocycles. The Balaban J connectivity index is 1.09. The maximum Gasteiger partial charge on any atom is 0.159 e. The van der Waals surface area contributed by atoms with Gasteiger partial charge in [-0.3, -0.25) is 0 Å². The fourth-order valence-electron chi connectivity index (χ4n) is 7.74. The van der Waals surface area contributed by atoms with Crippen molar-refractivity contribution < 1.29 is 0 Å². The molecule has 7 aromatic carbocycles. The first-order valence-electron chi connectivity index (χ1n) is 17.1. The van der Waals surface area contributed by atoms with E-state index in [4.69, 9.17) is 9.98 Å². The Kier molecular flexibility index (Phi) is 6.32. The summed E-state index contributed by atoms with van der Waals surface area (Å²) in [5, 5.41) is 11.4. The summed E-state index contributed by atoms with van der Waals surface area (Å²) in [5.41, 5.74) is 6.85. The molecule has 1 aliphatic rings. The van der Waals surface area contributed by atoms with Gasteiger partial charge in [0.05, 0.1) is 11.0 Å². The van der Waals surface area contributed by atoms with Crippen LogP contribution in [0.1, 0.15) is 22.9 Å². The van der Waals surface area contributed by atoms with Crippen LogP contribution in [0.4, 0.5) is 0 Å². The lowest BCUT2D eigenvalue weighted by molar-refractivity contribution is 0.674. The summed E-state index contributed by atoms with van der Waals surface area (Å²) in [7, 11) is 0. The van der Waals surface area contributed by atoms with E-state index < -0.39 is 0 Å². The first-order chi connectivity index (χ1) is 25.3. The monoisotopic (exact) mass is 688 g/mol. The standard InChI is InChI=1S/C45H28N4S2/c1-3-12-27(13-4-1)43-46-44(28-14-5-2-6-15-28)48-45(47-43)35-19-11-18-34-40-38(50-41(34)35)25-24-33-32-23-22-29(26-39(32)51-42(33)40)49-36-20-9-7-16-30(36)31-17-8-10-21-37(31)49/h1-26,43H,(H,46,47,48). The second-order valence-corrected chi connectivity index (χ2v) is 15.1. The van der Waals surface area contributed by atoms with Gasteiger partial charge in [-0.05, 0) is 42.0 Å². The smallest absolute Gasteiger partial charge is 0.159 e. The van der Waals surface area contributed by atoms with Gasteiger partial charge < -0.3 is 9.88 Å². The van der Waals surface area contributed by atoms with E-state index in [1.165, 1.54) is 67.8 Å². The maximum atomic E-state index is 5.16. The van der Waals surface area contributed by atoms with Crippen molar-refractivity contribution in [3.8, 4) is 5.69 Å². The van der Waals surface area contributed by atoms with Crippen LogP contribution in [0.5, 0.6) is 0 Å². The third-order valence-corrected chi connectivity index (χ3v) is 12.5. The molecule has 1 unspecified atom stereocenters. The zero-order chi connectivity index (χ0) is 33.5. The van der Waals surface area contributed by atoms with Gasteiger partial charge in [0.2, 0.25) is 0 Å². The molecule has 6 heteroatoms. The number of benzene rings is 7. The van der Waals surface area contributed by atoms with E-state index in [9.17, 15) is 0 Å². The van der Waals surface area contributed by atoms with Gasteiger partial charge in [-0.2, -0.15) is 0 Å². The summed E-state index contributed by atoms with van der Waals surface area (Å²) in [6, 6.07) is 56.4. The van der Waals surface area contributed by atoms with Gasteiger partial charge in [-0.15, -0.1) is 22.7 Å². The zero-order valence-electron chi connectivity index (χ0n) is 27.2. The molecule has 1 N–H and O–H groups in total. The third kappa shape index (κ3) is 4.43. The number of para-hydroxylation sites is 2. The Bertz CT molecular complexity index is 3000. The molecule has 0 bridgehead atoms. The molecule has 1 aliphatic heterocycles. The quantitative estimate of drug-likeness (QED) is 0.196. The molecule has 0 saturated heterocycles. The van der Waals surface area contributed by atoms with Gasteiger partial charge in [0.1, 0.15) is 12.0 Å². The van der Waals surface area contributed by atoms with Gasteiger partial charge in [0, 0.05) is 67.9 Å². The van der Waals surface area contributed by atoms with Crippen LogP contribution in [-0.2, 0) is 0 Å². The molecule has 0 saturated carbocycles. The van der Waals surface area contributed by atoms with Crippen LogP contribution < -0.4 is 5.32 Å². The van der Waals surface area contributed by atoms with E-state index in [2.05, 4.69) is 143 Å². The number of fused-ring (bicyclic) bond motifs is 10. The van der Waals surface area contributed by atoms with Crippen LogP contribution in [-0.4, -0.2) is 16.2 Å². The molecule has 4 heterocycles. The van der Waals surface area contributed by atoms with Gasteiger partial charge >= 0.3 is 0 Å². The van der Waals surface area contributed by atoms with E-state index in [1.807, 2.05) is 46.9 Å². The Labute approximate surface area is 301 Å². The van der Waals surface area contributed by atoms with E-state index in [0.29, 0.717) is 0 Å². The predicted molar refractivity (Wildman–Crippen MR) is 218 cm³/mol. The van der Waals surface area contributed by atoms with Gasteiger partial charge in [-0.25, -0.2) is 9.98 Å². The van der Waals surface area contributed by atoms with Crippen molar-refractivity contribution in [2.45, 2.75) is 6.17 Å². The van der Waals surface area contributed by atoms with Gasteiger partial charge in [-0.1, -0.05) is 121 Å². The van der Waals surface area contributed by atoms with Crippen molar-refractivity contribution in [3.63, 3.8) is 0 Å². The number of aromatic nitrogens is 1. The third-order valence-electron chi connectivity index (χ3n) is 10.1. The molecule has 11 rings (SSSR count). The van der Waals surface area contributed by atoms with Gasteiger partial charge in [0.15, 0.2) is 5.84 Å². The number of rotatable bonds is 4. The van der Waals surface area contributed by atoms with Crippen molar-refractivity contribution in [3.05, 3.63) is 174 Å². The van der Waals surface area contributed by atoms with Crippen LogP contribution in [0.3, 0.4) is 0 Å². The minimum Gasteiger partial charge on any atom is -0.344 e. The van der Waals surface area contributed by atoms with Crippen molar-refractivity contribution in [1.82, 2.24) is 9.88 Å². The van der Waals surface area contributed by atoms with E-state index in [0.717, 1.165) is 28.4 Å². The number of amidine groups is 2. The van der Waals surface area contributed by atoms with E-state index >= 15 is 0 Å². The molecule has 0 spiro atoms. The van der Waals surface area contributed by atoms with Crippen molar-refractivity contribution >= 4 is 96.5 Å². The Morgan fingerprint density at radius 1 is 0.529 bits per heavy atom. The SMILES string of the molecule is c1ccc(C2=NC(c3ccccc3)NC(c3cccc4c3sc3ccc5c6ccc(-n7c8ccccc8c8ccccc87)cc6sc5c34)=N2)cc1. The van der Waals surface area contributed by atoms with Crippen molar-refractivity contribution in [2.24, 2.45) is 9.98 Å². The van der Waals surface area contributed by atoms with Crippen LogP contribution in [0, 0.1) is 0 Å². The average molecular weight is 689 g/mol. The molecule has 1 atom stereocenters. The highest BCUT2D eigenvalue weighted by atomic mass is 32.1. The highest BCUT2D eigenvalue weighted by Crippen LogP contribution is 2.46. The Morgan fingerprint density at radius 2 is 1.20 bits per heavy atom. The summed E-state index contributed by atoms with van der Waals surface area (Å²) in [5.74, 6) is 1.58. The summed E-state index contributed by atoms with van der Waals surface area (Å²) in [6.07, 6.45) is -0.239. The van der Waals surface area contributed by atoms with Crippen molar-refractivity contribution in [1.29, 1.82) is 0 Å². The molecule has 0 radical (unpaired) electrons. The number of aliphatic imine (C=N–C) groups is 2. The summed E-state index contributed by atoms with van der Waals surface area (Å²) < 4.78 is 7.55. The molecule has 0 aliphatic carbocycles. The topological polar surface area (TPSA) is 41.7 Å². The lowest BCUT2D eigenvalue weighted by Gasteiger charge is -2.24. The second kappa shape index (κ2) is 11.2. The Morgan fingerprint density at radius 3 is 1.98 bits per heavy atom. The molecule has 10 aromatic rings.